The van der Waals surface area contributed by atoms with E-state index in [4.69, 9.17) is 14.2 Å². The van der Waals surface area contributed by atoms with E-state index in [9.17, 15) is 14.4 Å². The zero-order valence-electron chi connectivity index (χ0n) is 18.1. The van der Waals surface area contributed by atoms with E-state index in [-0.39, 0.29) is 36.7 Å². The van der Waals surface area contributed by atoms with Gasteiger partial charge in [-0.1, -0.05) is 12.1 Å². The quantitative estimate of drug-likeness (QED) is 0.703. The van der Waals surface area contributed by atoms with Crippen molar-refractivity contribution < 1.29 is 28.6 Å². The largest absolute Gasteiger partial charge is 0.486 e. The van der Waals surface area contributed by atoms with Gasteiger partial charge in [0.05, 0.1) is 17.9 Å². The summed E-state index contributed by atoms with van der Waals surface area (Å²) in [7, 11) is 0. The standard InChI is InChI=1S/C25H24N2O6/c28-19-13-25(33-20-4-2-1-3-18(19)20)7-9-26(10-8-25)24(30)16-11-23(29)27(14-16)17-5-6-21-22(12-17)32-15-31-21/h1-6,12,16H,7-11,13-15H2. The van der Waals surface area contributed by atoms with Crippen molar-refractivity contribution in [1.29, 1.82) is 0 Å². The van der Waals surface area contributed by atoms with Crippen molar-refractivity contribution in [3.8, 4) is 17.2 Å². The Hall–Kier alpha value is -3.55. The first-order valence-corrected chi connectivity index (χ1v) is 11.3. The normalized spacial score (nSPS) is 23.0. The molecule has 0 saturated carbocycles. The molecule has 2 saturated heterocycles. The van der Waals surface area contributed by atoms with Crippen LogP contribution < -0.4 is 19.1 Å². The highest BCUT2D eigenvalue weighted by Gasteiger charge is 2.45. The molecule has 2 aromatic carbocycles. The summed E-state index contributed by atoms with van der Waals surface area (Å²) in [5.74, 6) is 1.53. The van der Waals surface area contributed by atoms with Crippen molar-refractivity contribution in [2.45, 2.75) is 31.3 Å². The average molecular weight is 448 g/mol. The summed E-state index contributed by atoms with van der Waals surface area (Å²) in [6, 6.07) is 12.7. The number of piperidine rings is 1. The number of carbonyl (C=O) groups is 3. The summed E-state index contributed by atoms with van der Waals surface area (Å²) >= 11 is 0. The van der Waals surface area contributed by atoms with Crippen molar-refractivity contribution in [3.63, 3.8) is 0 Å². The van der Waals surface area contributed by atoms with Crippen LogP contribution in [-0.4, -0.2) is 54.5 Å². The molecule has 1 spiro atoms. The van der Waals surface area contributed by atoms with Crippen LogP contribution in [-0.2, 0) is 9.59 Å². The molecule has 0 aliphatic carbocycles. The highest BCUT2D eigenvalue weighted by atomic mass is 16.7. The Morgan fingerprint density at radius 2 is 1.76 bits per heavy atom. The number of benzene rings is 2. The molecule has 4 aliphatic rings. The maximum atomic E-state index is 13.2. The van der Waals surface area contributed by atoms with Crippen LogP contribution in [0.4, 0.5) is 5.69 Å². The second-order valence-electron chi connectivity index (χ2n) is 9.15. The van der Waals surface area contributed by atoms with Gasteiger partial charge in [-0.3, -0.25) is 14.4 Å². The molecule has 8 nitrogen and oxygen atoms in total. The molecular weight excluding hydrogens is 424 g/mol. The summed E-state index contributed by atoms with van der Waals surface area (Å²) in [6.45, 7) is 1.55. The minimum Gasteiger partial charge on any atom is -0.486 e. The fraction of sp³-hybridized carbons (Fsp3) is 0.400. The molecule has 2 amide bonds. The van der Waals surface area contributed by atoms with Crippen molar-refractivity contribution in [2.75, 3.05) is 31.3 Å². The lowest BCUT2D eigenvalue weighted by Crippen LogP contribution is -2.53. The van der Waals surface area contributed by atoms with Crippen LogP contribution in [0.5, 0.6) is 17.2 Å². The molecule has 2 aromatic rings. The van der Waals surface area contributed by atoms with Gasteiger partial charge >= 0.3 is 0 Å². The number of amides is 2. The van der Waals surface area contributed by atoms with Gasteiger partial charge in [0.25, 0.3) is 0 Å². The summed E-state index contributed by atoms with van der Waals surface area (Å²) in [5.41, 5.74) is 0.798. The maximum Gasteiger partial charge on any atom is 0.231 e. The first kappa shape index (κ1) is 20.1. The number of para-hydroxylation sites is 1. The fourth-order valence-electron chi connectivity index (χ4n) is 5.29. The Bertz CT molecular complexity index is 1150. The van der Waals surface area contributed by atoms with E-state index < -0.39 is 5.60 Å². The van der Waals surface area contributed by atoms with Crippen LogP contribution in [0.15, 0.2) is 42.5 Å². The second-order valence-corrected chi connectivity index (χ2v) is 9.15. The molecule has 0 bridgehead atoms. The zero-order valence-corrected chi connectivity index (χ0v) is 18.1. The van der Waals surface area contributed by atoms with E-state index in [1.807, 2.05) is 29.2 Å². The van der Waals surface area contributed by atoms with Crippen LogP contribution in [0.2, 0.25) is 0 Å². The van der Waals surface area contributed by atoms with Gasteiger partial charge in [-0.25, -0.2) is 0 Å². The number of nitrogens with zero attached hydrogens (tertiary/aromatic N) is 2. The third-order valence-electron chi connectivity index (χ3n) is 7.13. The molecule has 1 unspecified atom stereocenters. The summed E-state index contributed by atoms with van der Waals surface area (Å²) < 4.78 is 17.0. The Balaban J connectivity index is 1.11. The summed E-state index contributed by atoms with van der Waals surface area (Å²) in [6.07, 6.45) is 1.74. The van der Waals surface area contributed by atoms with Crippen molar-refractivity contribution >= 4 is 23.3 Å². The molecule has 170 valence electrons. The topological polar surface area (TPSA) is 85.4 Å². The van der Waals surface area contributed by atoms with Crippen LogP contribution in [0, 0.1) is 5.92 Å². The number of Topliss-reactive ketones (excluding diaryl/α,β-unsaturated/α-hetero) is 1. The lowest BCUT2D eigenvalue weighted by molar-refractivity contribution is -0.139. The SMILES string of the molecule is O=C1CC2(CCN(C(=O)C3CC(=O)N(c4ccc5c(c4)OCO5)C3)CC2)Oc2ccccc21. The highest BCUT2D eigenvalue weighted by Crippen LogP contribution is 2.40. The number of ketones is 1. The zero-order chi connectivity index (χ0) is 22.6. The number of hydrogen-bond acceptors (Lipinski definition) is 6. The van der Waals surface area contributed by atoms with E-state index in [1.54, 1.807) is 23.1 Å². The number of hydrogen-bond donors (Lipinski definition) is 0. The van der Waals surface area contributed by atoms with Crippen LogP contribution in [0.1, 0.15) is 36.0 Å². The van der Waals surface area contributed by atoms with E-state index in [0.717, 1.165) is 0 Å². The number of likely N-dealkylation sites (tertiary alicyclic amines) is 1. The number of anilines is 1. The van der Waals surface area contributed by atoms with Gasteiger partial charge in [-0.15, -0.1) is 0 Å². The molecular formula is C25H24N2O6. The van der Waals surface area contributed by atoms with E-state index >= 15 is 0 Å². The van der Waals surface area contributed by atoms with Crippen molar-refractivity contribution in [3.05, 3.63) is 48.0 Å². The first-order valence-electron chi connectivity index (χ1n) is 11.3. The van der Waals surface area contributed by atoms with E-state index in [2.05, 4.69) is 0 Å². The molecule has 0 radical (unpaired) electrons. The molecule has 1 atom stereocenters. The smallest absolute Gasteiger partial charge is 0.231 e. The molecule has 33 heavy (non-hydrogen) atoms. The summed E-state index contributed by atoms with van der Waals surface area (Å²) in [4.78, 5) is 42.0. The van der Waals surface area contributed by atoms with Gasteiger partial charge in [-0.05, 0) is 24.3 Å². The number of carbonyl (C=O) groups excluding carboxylic acids is 3. The second kappa shape index (κ2) is 7.50. The molecule has 4 aliphatic heterocycles. The first-order chi connectivity index (χ1) is 16.0. The van der Waals surface area contributed by atoms with Crippen molar-refractivity contribution in [1.82, 2.24) is 4.90 Å². The summed E-state index contributed by atoms with van der Waals surface area (Å²) in [5, 5.41) is 0. The molecule has 0 aromatic heterocycles. The van der Waals surface area contributed by atoms with Crippen LogP contribution in [0.3, 0.4) is 0 Å². The number of rotatable bonds is 2. The van der Waals surface area contributed by atoms with E-state index in [0.29, 0.717) is 67.4 Å². The van der Waals surface area contributed by atoms with Crippen molar-refractivity contribution in [2.24, 2.45) is 5.92 Å². The lowest BCUT2D eigenvalue weighted by atomic mass is 9.82. The highest BCUT2D eigenvalue weighted by molar-refractivity contribution is 6.01. The molecule has 2 fully saturated rings. The Morgan fingerprint density at radius 1 is 0.970 bits per heavy atom. The monoisotopic (exact) mass is 448 g/mol. The molecule has 4 heterocycles. The van der Waals surface area contributed by atoms with Crippen LogP contribution in [0.25, 0.3) is 0 Å². The average Bonchev–Trinajstić information content (AvgIpc) is 3.45. The molecule has 0 N–H and O–H groups in total. The molecule has 6 rings (SSSR count). The Kier molecular flexibility index (Phi) is 4.57. The predicted octanol–water partition coefficient (Wildman–Crippen LogP) is 2.79. The Morgan fingerprint density at radius 3 is 2.61 bits per heavy atom. The van der Waals surface area contributed by atoms with Gasteiger partial charge in [-0.2, -0.15) is 0 Å². The van der Waals surface area contributed by atoms with Gasteiger partial charge < -0.3 is 24.0 Å². The minimum atomic E-state index is -0.549. The van der Waals surface area contributed by atoms with E-state index in [1.165, 1.54) is 0 Å². The molecule has 8 heteroatoms. The van der Waals surface area contributed by atoms with Gasteiger partial charge in [0.15, 0.2) is 17.3 Å². The minimum absolute atomic E-state index is 0.0102. The number of ether oxygens (including phenoxy) is 3. The third kappa shape index (κ3) is 3.41. The van der Waals surface area contributed by atoms with Gasteiger partial charge in [0.2, 0.25) is 18.6 Å². The predicted molar refractivity (Wildman–Crippen MR) is 118 cm³/mol. The van der Waals surface area contributed by atoms with Crippen LogP contribution >= 0.6 is 0 Å². The lowest BCUT2D eigenvalue weighted by Gasteiger charge is -2.44. The fourth-order valence-corrected chi connectivity index (χ4v) is 5.29. The Labute approximate surface area is 191 Å². The van der Waals surface area contributed by atoms with Gasteiger partial charge in [0, 0.05) is 50.7 Å². The van der Waals surface area contributed by atoms with Gasteiger partial charge in [0.1, 0.15) is 11.4 Å². The third-order valence-corrected chi connectivity index (χ3v) is 7.13. The number of fused-ring (bicyclic) bond motifs is 2. The maximum absolute atomic E-state index is 13.2.